The number of nitrogens with two attached hydrogens (primary N) is 1. The Morgan fingerprint density at radius 2 is 1.75 bits per heavy atom. The van der Waals surface area contributed by atoms with E-state index in [0.717, 1.165) is 23.8 Å². The van der Waals surface area contributed by atoms with Crippen LogP contribution in [-0.2, 0) is 33.5 Å². The first-order valence-electron chi connectivity index (χ1n) is 12.7. The van der Waals surface area contributed by atoms with Gasteiger partial charge in [-0.2, -0.15) is 0 Å². The summed E-state index contributed by atoms with van der Waals surface area (Å²) < 4.78 is 4.27. The highest BCUT2D eigenvalue weighted by atomic mass is 16.2. The number of nitrogens with zero attached hydrogens (tertiary/aromatic N) is 4. The molecule has 0 bridgehead atoms. The fourth-order valence-corrected chi connectivity index (χ4v) is 5.30. The van der Waals surface area contributed by atoms with E-state index in [0.29, 0.717) is 24.3 Å². The van der Waals surface area contributed by atoms with E-state index in [4.69, 9.17) is 5.73 Å². The number of hydrogen-bond donors (Lipinski definition) is 1. The molecule has 0 unspecified atom stereocenters. The van der Waals surface area contributed by atoms with E-state index in [2.05, 4.69) is 53.5 Å². The van der Waals surface area contributed by atoms with E-state index in [1.54, 1.807) is 17.9 Å². The lowest BCUT2D eigenvalue weighted by Gasteiger charge is -2.17. The van der Waals surface area contributed by atoms with Crippen LogP contribution in [0.4, 0.5) is 0 Å². The van der Waals surface area contributed by atoms with Crippen LogP contribution in [0.2, 0.25) is 0 Å². The molecule has 2 aromatic carbocycles. The molecule has 0 fully saturated rings. The van der Waals surface area contributed by atoms with Crippen LogP contribution in [-0.4, -0.2) is 25.2 Å². The van der Waals surface area contributed by atoms with E-state index in [-0.39, 0.29) is 11.2 Å². The highest BCUT2D eigenvalue weighted by Crippen LogP contribution is 2.24. The molecule has 186 valence electrons. The van der Waals surface area contributed by atoms with Gasteiger partial charge in [0.1, 0.15) is 0 Å². The molecular formula is C29H33N5O2. The topological polar surface area (TPSA) is 87.8 Å². The molecule has 4 aromatic rings. The van der Waals surface area contributed by atoms with Crippen LogP contribution in [0, 0.1) is 0 Å². The summed E-state index contributed by atoms with van der Waals surface area (Å²) in [5, 5.41) is 2.99. The van der Waals surface area contributed by atoms with Gasteiger partial charge < -0.3 is 10.3 Å². The smallest absolute Gasteiger partial charge is 0.330 e. The molecule has 0 spiro atoms. The Morgan fingerprint density at radius 3 is 2.58 bits per heavy atom. The first-order valence-corrected chi connectivity index (χ1v) is 12.7. The Hall–Kier alpha value is -3.71. The molecule has 6 rings (SSSR count). The van der Waals surface area contributed by atoms with Gasteiger partial charge in [-0.05, 0) is 77.8 Å². The van der Waals surface area contributed by atoms with Gasteiger partial charge in [0.2, 0.25) is 0 Å². The fourth-order valence-electron chi connectivity index (χ4n) is 5.30. The van der Waals surface area contributed by atoms with Crippen molar-refractivity contribution in [3.63, 3.8) is 0 Å². The Balaban J connectivity index is 0.000000148. The predicted octanol–water partition coefficient (Wildman–Crippen LogP) is 1.98. The van der Waals surface area contributed by atoms with Crippen molar-refractivity contribution in [2.24, 2.45) is 19.8 Å². The van der Waals surface area contributed by atoms with Gasteiger partial charge in [0.15, 0.2) is 11.2 Å². The van der Waals surface area contributed by atoms with Crippen molar-refractivity contribution < 1.29 is 0 Å². The zero-order valence-electron chi connectivity index (χ0n) is 21.0. The second-order valence-electron chi connectivity index (χ2n) is 9.57. The van der Waals surface area contributed by atoms with Gasteiger partial charge in [-0.1, -0.05) is 48.6 Å². The molecule has 2 aliphatic rings. The van der Waals surface area contributed by atoms with Crippen LogP contribution >= 0.6 is 0 Å². The number of aromatic nitrogens is 4. The molecule has 2 aliphatic carbocycles. The molecule has 2 N–H and O–H groups in total. The number of unbranched alkanes of at least 4 members (excludes halogenated alkanes) is 1. The lowest BCUT2D eigenvalue weighted by molar-refractivity contribution is 0.621. The molecule has 7 nitrogen and oxygen atoms in total. The fraction of sp³-hybridized carbons (Fsp3) is 0.345. The van der Waals surface area contributed by atoms with Gasteiger partial charge in [0, 0.05) is 20.6 Å². The van der Waals surface area contributed by atoms with Gasteiger partial charge in [0.25, 0.3) is 5.56 Å². The van der Waals surface area contributed by atoms with Crippen LogP contribution < -0.4 is 27.4 Å². The molecule has 0 aliphatic heterocycles. The van der Waals surface area contributed by atoms with Gasteiger partial charge >= 0.3 is 5.69 Å². The van der Waals surface area contributed by atoms with E-state index >= 15 is 0 Å². The quantitative estimate of drug-likeness (QED) is 0.450. The minimum absolute atomic E-state index is 0.307. The van der Waals surface area contributed by atoms with Crippen molar-refractivity contribution in [2.45, 2.75) is 45.1 Å². The number of hydrogen-bond acceptors (Lipinski definition) is 4. The summed E-state index contributed by atoms with van der Waals surface area (Å²) in [7, 11) is 3.09. The van der Waals surface area contributed by atoms with Crippen molar-refractivity contribution in [1.82, 2.24) is 18.7 Å². The van der Waals surface area contributed by atoms with Gasteiger partial charge in [-0.3, -0.25) is 13.9 Å². The summed E-state index contributed by atoms with van der Waals surface area (Å²) >= 11 is 0. The summed E-state index contributed by atoms with van der Waals surface area (Å²) in [6, 6.07) is 13.5. The number of aryl methyl sites for hydroxylation is 3. The first-order chi connectivity index (χ1) is 17.5. The monoisotopic (exact) mass is 483 g/mol. The maximum absolute atomic E-state index is 12.1. The summed E-state index contributed by atoms with van der Waals surface area (Å²) in [6.07, 6.45) is 13.1. The summed E-state index contributed by atoms with van der Waals surface area (Å²) in [4.78, 5) is 28.0. The zero-order valence-corrected chi connectivity index (χ0v) is 21.0. The third-order valence-corrected chi connectivity index (χ3v) is 7.28. The minimum atomic E-state index is -0.361. The van der Waals surface area contributed by atoms with E-state index in [9.17, 15) is 9.59 Å². The molecule has 2 heterocycles. The van der Waals surface area contributed by atoms with Crippen LogP contribution in [0.5, 0.6) is 0 Å². The van der Waals surface area contributed by atoms with Crippen LogP contribution in [0.3, 0.4) is 0 Å². The number of benzene rings is 2. The lowest BCUT2D eigenvalue weighted by Crippen LogP contribution is -2.37. The van der Waals surface area contributed by atoms with Gasteiger partial charge in [-0.25, -0.2) is 9.78 Å². The minimum Gasteiger partial charge on any atom is -0.330 e. The van der Waals surface area contributed by atoms with Crippen molar-refractivity contribution in [3.8, 4) is 11.1 Å². The SMILES string of the molecule is C1=c2c(ccc3c2=CCc2ccccc2-3)CCC1.Cn1c(=O)c2c(ncn2CCCCN)n(C)c1=O. The summed E-state index contributed by atoms with van der Waals surface area (Å²) in [6.45, 7) is 1.31. The molecule has 0 saturated heterocycles. The Labute approximate surface area is 209 Å². The Bertz CT molecular complexity index is 1670. The molecule has 36 heavy (non-hydrogen) atoms. The second-order valence-corrected chi connectivity index (χ2v) is 9.57. The highest BCUT2D eigenvalue weighted by Gasteiger charge is 2.14. The van der Waals surface area contributed by atoms with Gasteiger partial charge in [-0.15, -0.1) is 0 Å². The average molecular weight is 484 g/mol. The Morgan fingerprint density at radius 1 is 0.917 bits per heavy atom. The van der Waals surface area contributed by atoms with E-state index in [1.165, 1.54) is 63.6 Å². The number of rotatable bonds is 4. The van der Waals surface area contributed by atoms with Crippen LogP contribution in [0.15, 0.2) is 52.3 Å². The normalized spacial score (nSPS) is 13.5. The molecule has 0 amide bonds. The highest BCUT2D eigenvalue weighted by molar-refractivity contribution is 5.74. The molecular weight excluding hydrogens is 450 g/mol. The average Bonchev–Trinajstić information content (AvgIpc) is 3.35. The van der Waals surface area contributed by atoms with E-state index < -0.39 is 0 Å². The van der Waals surface area contributed by atoms with Crippen molar-refractivity contribution in [2.75, 3.05) is 6.54 Å². The maximum Gasteiger partial charge on any atom is 0.332 e. The van der Waals surface area contributed by atoms with Crippen LogP contribution in [0.25, 0.3) is 34.4 Å². The first kappa shape index (κ1) is 24.0. The molecule has 7 heteroatoms. The Kier molecular flexibility index (Phi) is 6.74. The summed E-state index contributed by atoms with van der Waals surface area (Å²) in [5.74, 6) is 0. The van der Waals surface area contributed by atoms with E-state index in [1.807, 2.05) is 0 Å². The third kappa shape index (κ3) is 4.24. The third-order valence-electron chi connectivity index (χ3n) is 7.28. The largest absolute Gasteiger partial charge is 0.332 e. The van der Waals surface area contributed by atoms with Gasteiger partial charge in [0.05, 0.1) is 6.33 Å². The molecule has 0 saturated carbocycles. The van der Waals surface area contributed by atoms with Crippen molar-refractivity contribution in [1.29, 1.82) is 0 Å². The molecule has 0 atom stereocenters. The molecule has 0 radical (unpaired) electrons. The van der Waals surface area contributed by atoms with Crippen molar-refractivity contribution in [3.05, 3.63) is 85.1 Å². The standard InChI is InChI=1S/C18H16.C11H17N5O2/c1-3-7-15-13(5-1)9-11-18-16-8-4-2-6-14(16)10-12-17(15)18;1-14-9-8(10(17)15(2)11(14)18)16(7-13-9)6-4-3-5-12/h1,3,5,7-8,10-12H,2,4,6,9H2;7H,3-6,12H2,1-2H3. The number of imidazole rings is 1. The second kappa shape index (κ2) is 10.1. The molecule has 2 aromatic heterocycles. The predicted molar refractivity (Wildman–Crippen MR) is 145 cm³/mol. The van der Waals surface area contributed by atoms with Crippen LogP contribution in [0.1, 0.15) is 36.8 Å². The lowest BCUT2D eigenvalue weighted by atomic mass is 9.87. The summed E-state index contributed by atoms with van der Waals surface area (Å²) in [5.41, 5.74) is 11.5. The number of fused-ring (bicyclic) bond motifs is 6. The zero-order chi connectivity index (χ0) is 25.2. The van der Waals surface area contributed by atoms with Crippen molar-refractivity contribution >= 4 is 23.3 Å². The maximum atomic E-state index is 12.1.